The lowest BCUT2D eigenvalue weighted by Gasteiger charge is -2.16. The van der Waals surface area contributed by atoms with Crippen LogP contribution >= 0.6 is 0 Å². The van der Waals surface area contributed by atoms with Crippen LogP contribution in [0.5, 0.6) is 0 Å². The fraction of sp³-hybridized carbons (Fsp3) is 0.500. The van der Waals surface area contributed by atoms with Crippen molar-refractivity contribution in [3.05, 3.63) is 41.7 Å². The molecule has 4 rings (SSSR count). The molecular formula is C18H24N6O3S. The molecular weight excluding hydrogens is 380 g/mol. The van der Waals surface area contributed by atoms with Gasteiger partial charge in [0.1, 0.15) is 6.33 Å². The van der Waals surface area contributed by atoms with Crippen molar-refractivity contribution < 1.29 is 12.6 Å². The summed E-state index contributed by atoms with van der Waals surface area (Å²) in [7, 11) is -3.89. The van der Waals surface area contributed by atoms with Gasteiger partial charge >= 0.3 is 10.3 Å². The molecule has 0 bridgehead atoms. The van der Waals surface area contributed by atoms with E-state index in [0.717, 1.165) is 32.1 Å². The number of nitrogens with one attached hydrogen (secondary N) is 2. The van der Waals surface area contributed by atoms with E-state index in [9.17, 15) is 8.42 Å². The van der Waals surface area contributed by atoms with E-state index in [1.165, 1.54) is 17.5 Å². The summed E-state index contributed by atoms with van der Waals surface area (Å²) in [6.07, 6.45) is 6.09. The van der Waals surface area contributed by atoms with Gasteiger partial charge in [0.05, 0.1) is 12.6 Å². The van der Waals surface area contributed by atoms with E-state index in [0.29, 0.717) is 11.9 Å². The number of aryl methyl sites for hydroxylation is 1. The van der Waals surface area contributed by atoms with E-state index in [2.05, 4.69) is 49.9 Å². The van der Waals surface area contributed by atoms with Crippen LogP contribution in [-0.4, -0.2) is 36.0 Å². The van der Waals surface area contributed by atoms with Gasteiger partial charge in [0.25, 0.3) is 0 Å². The van der Waals surface area contributed by atoms with Gasteiger partial charge in [-0.1, -0.05) is 24.3 Å². The average Bonchev–Trinajstić information content (AvgIpc) is 3.27. The highest BCUT2D eigenvalue weighted by atomic mass is 32.2. The van der Waals surface area contributed by atoms with E-state index in [1.54, 1.807) is 0 Å². The van der Waals surface area contributed by atoms with Crippen LogP contribution in [0.2, 0.25) is 0 Å². The SMILES string of the molecule is NS(=O)(=O)OC[C@H]1CC[C@H](Nc2ncnc(N[C@H]3CCc4ccccc43)n2)C1. The van der Waals surface area contributed by atoms with Gasteiger partial charge in [-0.15, -0.1) is 0 Å². The van der Waals surface area contributed by atoms with Gasteiger partial charge in [-0.25, -0.2) is 15.1 Å². The summed E-state index contributed by atoms with van der Waals surface area (Å²) in [5.74, 6) is 1.21. The molecule has 3 atom stereocenters. The molecule has 2 aromatic rings. The molecule has 4 N–H and O–H groups in total. The zero-order valence-electron chi connectivity index (χ0n) is 15.4. The molecule has 1 saturated carbocycles. The smallest absolute Gasteiger partial charge is 0.333 e. The van der Waals surface area contributed by atoms with Gasteiger partial charge in [-0.2, -0.15) is 13.4 Å². The van der Waals surface area contributed by atoms with Gasteiger partial charge in [0, 0.05) is 6.04 Å². The number of aromatic nitrogens is 3. The molecule has 150 valence electrons. The molecule has 0 amide bonds. The number of hydrogen-bond acceptors (Lipinski definition) is 8. The third-order valence-electron chi connectivity index (χ3n) is 5.35. The molecule has 0 spiro atoms. The normalized spacial score (nSPS) is 24.1. The van der Waals surface area contributed by atoms with Crippen molar-refractivity contribution in [3.8, 4) is 0 Å². The Morgan fingerprint density at radius 3 is 2.71 bits per heavy atom. The van der Waals surface area contributed by atoms with E-state index >= 15 is 0 Å². The third-order valence-corrected chi connectivity index (χ3v) is 5.82. The van der Waals surface area contributed by atoms with E-state index in [4.69, 9.17) is 9.32 Å². The number of fused-ring (bicyclic) bond motifs is 1. The van der Waals surface area contributed by atoms with Crippen LogP contribution in [0.1, 0.15) is 42.9 Å². The molecule has 0 saturated heterocycles. The zero-order chi connectivity index (χ0) is 19.6. The van der Waals surface area contributed by atoms with Crippen molar-refractivity contribution in [2.45, 2.75) is 44.2 Å². The predicted molar refractivity (Wildman–Crippen MR) is 105 cm³/mol. The standard InChI is InChI=1S/C18H24N6O3S/c19-28(25,26)27-10-12-5-7-14(9-12)22-17-20-11-21-18(24-17)23-16-8-6-13-3-1-2-4-15(13)16/h1-4,11-12,14,16H,5-10H2,(H2,19,25,26)(H2,20,21,22,23,24)/t12-,14-,16-/m0/s1. The Labute approximate surface area is 164 Å². The van der Waals surface area contributed by atoms with Crippen LogP contribution in [0.3, 0.4) is 0 Å². The molecule has 1 aromatic carbocycles. The van der Waals surface area contributed by atoms with Crippen molar-refractivity contribution in [2.75, 3.05) is 17.2 Å². The van der Waals surface area contributed by atoms with E-state index < -0.39 is 10.3 Å². The number of anilines is 2. The second-order valence-corrected chi connectivity index (χ2v) is 8.59. The van der Waals surface area contributed by atoms with Crippen molar-refractivity contribution in [1.29, 1.82) is 0 Å². The molecule has 2 aliphatic carbocycles. The maximum atomic E-state index is 10.9. The first-order valence-corrected chi connectivity index (χ1v) is 10.9. The molecule has 10 heteroatoms. The average molecular weight is 404 g/mol. The first-order valence-electron chi connectivity index (χ1n) is 9.43. The minimum atomic E-state index is -3.89. The Bertz CT molecular complexity index is 938. The molecule has 0 aliphatic heterocycles. The van der Waals surface area contributed by atoms with Crippen LogP contribution in [0.25, 0.3) is 0 Å². The summed E-state index contributed by atoms with van der Waals surface area (Å²) in [6.45, 7) is 0.113. The molecule has 28 heavy (non-hydrogen) atoms. The van der Waals surface area contributed by atoms with Gasteiger partial charge < -0.3 is 10.6 Å². The number of hydrogen-bond donors (Lipinski definition) is 3. The molecule has 2 aliphatic rings. The fourth-order valence-electron chi connectivity index (χ4n) is 4.03. The number of rotatable bonds is 7. The van der Waals surface area contributed by atoms with Crippen molar-refractivity contribution in [3.63, 3.8) is 0 Å². The van der Waals surface area contributed by atoms with Crippen LogP contribution in [0.15, 0.2) is 30.6 Å². The van der Waals surface area contributed by atoms with Gasteiger partial charge in [0.2, 0.25) is 11.9 Å². The van der Waals surface area contributed by atoms with Crippen molar-refractivity contribution in [1.82, 2.24) is 15.0 Å². The summed E-state index contributed by atoms with van der Waals surface area (Å²) in [6, 6.07) is 8.79. The number of nitrogens with two attached hydrogens (primary N) is 1. The van der Waals surface area contributed by atoms with Crippen molar-refractivity contribution in [2.24, 2.45) is 11.1 Å². The Morgan fingerprint density at radius 1 is 1.11 bits per heavy atom. The minimum absolute atomic E-state index is 0.113. The van der Waals surface area contributed by atoms with E-state index in [-0.39, 0.29) is 24.6 Å². The second-order valence-electron chi connectivity index (χ2n) is 7.36. The third kappa shape index (κ3) is 4.75. The Kier molecular flexibility index (Phi) is 5.42. The lowest BCUT2D eigenvalue weighted by atomic mass is 10.1. The van der Waals surface area contributed by atoms with Crippen LogP contribution < -0.4 is 15.8 Å². The predicted octanol–water partition coefficient (Wildman–Crippen LogP) is 1.77. The van der Waals surface area contributed by atoms with Crippen LogP contribution in [0.4, 0.5) is 11.9 Å². The molecule has 9 nitrogen and oxygen atoms in total. The highest BCUT2D eigenvalue weighted by molar-refractivity contribution is 7.84. The van der Waals surface area contributed by atoms with Crippen molar-refractivity contribution >= 4 is 22.2 Å². The molecule has 1 fully saturated rings. The quantitative estimate of drug-likeness (QED) is 0.636. The second kappa shape index (κ2) is 7.98. The maximum Gasteiger partial charge on any atom is 0.333 e. The lowest BCUT2D eigenvalue weighted by molar-refractivity contribution is 0.256. The van der Waals surface area contributed by atoms with Gasteiger partial charge in [0.15, 0.2) is 0 Å². The minimum Gasteiger partial charge on any atom is -0.351 e. The molecule has 1 aromatic heterocycles. The molecule has 1 heterocycles. The number of benzene rings is 1. The summed E-state index contributed by atoms with van der Waals surface area (Å²) in [5, 5.41) is 11.6. The highest BCUT2D eigenvalue weighted by Gasteiger charge is 2.27. The first kappa shape index (κ1) is 19.0. The number of nitrogens with zero attached hydrogens (tertiary/aromatic N) is 3. The first-order chi connectivity index (χ1) is 13.5. The Morgan fingerprint density at radius 2 is 1.89 bits per heavy atom. The largest absolute Gasteiger partial charge is 0.351 e. The van der Waals surface area contributed by atoms with Crippen LogP contribution in [-0.2, 0) is 20.9 Å². The molecule has 0 unspecified atom stereocenters. The van der Waals surface area contributed by atoms with Crippen LogP contribution in [0, 0.1) is 5.92 Å². The summed E-state index contributed by atoms with van der Waals surface area (Å²) >= 11 is 0. The zero-order valence-corrected chi connectivity index (χ0v) is 16.2. The topological polar surface area (TPSA) is 132 Å². The van der Waals surface area contributed by atoms with E-state index in [1.807, 2.05) is 0 Å². The summed E-state index contributed by atoms with van der Waals surface area (Å²) in [5.41, 5.74) is 2.66. The lowest BCUT2D eigenvalue weighted by Crippen LogP contribution is -2.22. The van der Waals surface area contributed by atoms with Gasteiger partial charge in [-0.3, -0.25) is 4.18 Å². The highest BCUT2D eigenvalue weighted by Crippen LogP contribution is 2.33. The summed E-state index contributed by atoms with van der Waals surface area (Å²) in [4.78, 5) is 13.0. The summed E-state index contributed by atoms with van der Waals surface area (Å²) < 4.78 is 26.6. The Hall–Kier alpha value is -2.30. The fourth-order valence-corrected chi connectivity index (χ4v) is 4.41. The molecule has 0 radical (unpaired) electrons. The monoisotopic (exact) mass is 404 g/mol. The maximum absolute atomic E-state index is 10.9. The van der Waals surface area contributed by atoms with Gasteiger partial charge in [-0.05, 0) is 49.1 Å². The Balaban J connectivity index is 1.34.